The maximum Gasteiger partial charge on any atom is 0.0283 e. The van der Waals surface area contributed by atoms with Gasteiger partial charge >= 0.3 is 0 Å². The first-order chi connectivity index (χ1) is 3.79. The van der Waals surface area contributed by atoms with Crippen LogP contribution in [0.1, 0.15) is 5.56 Å². The molecule has 0 bridgehead atoms. The number of anilines is 1. The Labute approximate surface area is 87.1 Å². The molecular formula is C7H10N2Y-2. The van der Waals surface area contributed by atoms with Gasteiger partial charge in [-0.15, -0.1) is 6.92 Å². The Morgan fingerprint density at radius 1 is 1.60 bits per heavy atom. The van der Waals surface area contributed by atoms with Crippen molar-refractivity contribution in [2.24, 2.45) is 0 Å². The van der Waals surface area contributed by atoms with Crippen LogP contribution in [-0.2, 0) is 32.7 Å². The smallest absolute Gasteiger partial charge is 0.0283 e. The number of nitrogens with two attached hydrogens (primary N) is 1. The van der Waals surface area contributed by atoms with Gasteiger partial charge in [0.15, 0.2) is 0 Å². The molecule has 0 fully saturated rings. The van der Waals surface area contributed by atoms with E-state index in [1.54, 1.807) is 6.20 Å². The van der Waals surface area contributed by atoms with Gasteiger partial charge in [-0.1, -0.05) is 6.20 Å². The number of hydrogen-bond donors (Lipinski definition) is 1. The Morgan fingerprint density at radius 3 is 2.50 bits per heavy atom. The standard InChI is InChI=1S/C6H7N2.CH3.Y/c1-5-2-3-6(7)8-4-5;;/h2,4H,1H3,(H2,7,8);1H3;/q2*-1;. The molecule has 1 radical (unpaired) electrons. The minimum Gasteiger partial charge on any atom is -0.399 e. The number of aromatic nitrogens is 1. The molecule has 3 heteroatoms. The van der Waals surface area contributed by atoms with E-state index in [1.807, 2.05) is 13.0 Å². The van der Waals surface area contributed by atoms with E-state index in [1.165, 1.54) is 0 Å². The summed E-state index contributed by atoms with van der Waals surface area (Å²) in [4.78, 5) is 3.80. The molecular weight excluding hydrogens is 201 g/mol. The van der Waals surface area contributed by atoms with Crippen molar-refractivity contribution in [3.8, 4) is 0 Å². The average Bonchev–Trinajstić information content (AvgIpc) is 1.77. The Kier molecular flexibility index (Phi) is 7.38. The Bertz CT molecular complexity index is 150. The monoisotopic (exact) mass is 211 g/mol. The molecule has 1 rings (SSSR count). The van der Waals surface area contributed by atoms with Crippen LogP contribution in [-0.4, -0.2) is 4.98 Å². The van der Waals surface area contributed by atoms with Crippen molar-refractivity contribution in [3.63, 3.8) is 0 Å². The third kappa shape index (κ3) is 3.96. The largest absolute Gasteiger partial charge is 0.399 e. The first kappa shape index (κ1) is 12.7. The van der Waals surface area contributed by atoms with Crippen LogP contribution in [0.15, 0.2) is 12.3 Å². The number of aryl methyl sites for hydroxylation is 1. The Morgan fingerprint density at radius 2 is 2.20 bits per heavy atom. The predicted octanol–water partition coefficient (Wildman–Crippen LogP) is 1.22. The summed E-state index contributed by atoms with van der Waals surface area (Å²) in [5.41, 5.74) is 6.34. The molecule has 0 amide bonds. The molecule has 0 aliphatic rings. The third-order valence-electron chi connectivity index (χ3n) is 0.855. The van der Waals surface area contributed by atoms with Crippen LogP contribution >= 0.6 is 0 Å². The molecule has 10 heavy (non-hydrogen) atoms. The molecule has 0 aliphatic carbocycles. The summed E-state index contributed by atoms with van der Waals surface area (Å²) >= 11 is 0. The van der Waals surface area contributed by atoms with Gasteiger partial charge in [0, 0.05) is 38.5 Å². The van der Waals surface area contributed by atoms with Crippen molar-refractivity contribution in [1.82, 2.24) is 4.98 Å². The fourth-order valence-corrected chi connectivity index (χ4v) is 0.434. The Balaban J connectivity index is 0. The minimum absolute atomic E-state index is 0. The first-order valence-corrected chi connectivity index (χ1v) is 2.39. The maximum absolute atomic E-state index is 5.26. The van der Waals surface area contributed by atoms with Crippen LogP contribution in [0, 0.1) is 20.4 Å². The van der Waals surface area contributed by atoms with Crippen LogP contribution < -0.4 is 5.73 Å². The van der Waals surface area contributed by atoms with E-state index < -0.39 is 0 Å². The summed E-state index contributed by atoms with van der Waals surface area (Å²) < 4.78 is 0. The number of pyridine rings is 1. The van der Waals surface area contributed by atoms with Crippen LogP contribution in [0.4, 0.5) is 5.82 Å². The average molecular weight is 211 g/mol. The molecule has 0 atom stereocenters. The van der Waals surface area contributed by atoms with Gasteiger partial charge in [-0.3, -0.25) is 4.98 Å². The normalized spacial score (nSPS) is 7.30. The molecule has 2 nitrogen and oxygen atoms in total. The predicted molar refractivity (Wildman–Crippen MR) is 38.6 cm³/mol. The zero-order valence-electron chi connectivity index (χ0n) is 6.26. The van der Waals surface area contributed by atoms with Gasteiger partial charge in [0.05, 0.1) is 0 Å². The van der Waals surface area contributed by atoms with Gasteiger partial charge in [-0.25, -0.2) is 12.1 Å². The maximum atomic E-state index is 5.26. The number of rotatable bonds is 0. The van der Waals surface area contributed by atoms with Crippen molar-refractivity contribution in [3.05, 3.63) is 31.3 Å². The van der Waals surface area contributed by atoms with Gasteiger partial charge in [-0.2, -0.15) is 5.56 Å². The van der Waals surface area contributed by atoms with Crippen LogP contribution in [0.2, 0.25) is 0 Å². The summed E-state index contributed by atoms with van der Waals surface area (Å²) in [6.45, 7) is 1.95. The third-order valence-corrected chi connectivity index (χ3v) is 0.855. The molecule has 0 saturated carbocycles. The molecule has 53 valence electrons. The van der Waals surface area contributed by atoms with Crippen molar-refractivity contribution in [1.29, 1.82) is 0 Å². The summed E-state index contributed by atoms with van der Waals surface area (Å²) in [6, 6.07) is 4.57. The molecule has 0 aromatic carbocycles. The van der Waals surface area contributed by atoms with E-state index >= 15 is 0 Å². The SMILES string of the molecule is Cc1c[c-]c(N)nc1.[CH3-].[Y]. The van der Waals surface area contributed by atoms with Crippen LogP contribution in [0.3, 0.4) is 0 Å². The second kappa shape index (κ2) is 5.81. The topological polar surface area (TPSA) is 38.9 Å². The summed E-state index contributed by atoms with van der Waals surface area (Å²) in [6.07, 6.45) is 1.71. The van der Waals surface area contributed by atoms with Gasteiger partial charge in [0.1, 0.15) is 0 Å². The van der Waals surface area contributed by atoms with Gasteiger partial charge in [0.2, 0.25) is 0 Å². The summed E-state index contributed by atoms with van der Waals surface area (Å²) in [7, 11) is 0. The van der Waals surface area contributed by atoms with E-state index in [2.05, 4.69) is 11.1 Å². The van der Waals surface area contributed by atoms with Gasteiger partial charge in [0.25, 0.3) is 0 Å². The molecule has 0 aliphatic heterocycles. The molecule has 1 heterocycles. The summed E-state index contributed by atoms with van der Waals surface area (Å²) in [5.74, 6) is 0.454. The molecule has 2 N–H and O–H groups in total. The van der Waals surface area contributed by atoms with E-state index in [9.17, 15) is 0 Å². The number of nitrogens with zero attached hydrogens (tertiary/aromatic N) is 1. The first-order valence-electron chi connectivity index (χ1n) is 2.39. The molecule has 0 spiro atoms. The zero-order valence-corrected chi connectivity index (χ0v) is 9.09. The van der Waals surface area contributed by atoms with E-state index in [0.717, 1.165) is 5.56 Å². The van der Waals surface area contributed by atoms with Gasteiger partial charge in [-0.05, 0) is 0 Å². The second-order valence-corrected chi connectivity index (χ2v) is 1.68. The number of hydrogen-bond acceptors (Lipinski definition) is 2. The van der Waals surface area contributed by atoms with Crippen LogP contribution in [0.25, 0.3) is 0 Å². The molecule has 1 aromatic rings. The van der Waals surface area contributed by atoms with Crippen molar-refractivity contribution >= 4 is 5.82 Å². The quantitative estimate of drug-likeness (QED) is 0.655. The van der Waals surface area contributed by atoms with E-state index in [-0.39, 0.29) is 40.1 Å². The van der Waals surface area contributed by atoms with Crippen molar-refractivity contribution in [2.75, 3.05) is 5.73 Å². The van der Waals surface area contributed by atoms with E-state index in [4.69, 9.17) is 5.73 Å². The van der Waals surface area contributed by atoms with Crippen molar-refractivity contribution < 1.29 is 32.7 Å². The summed E-state index contributed by atoms with van der Waals surface area (Å²) in [5, 5.41) is 0. The second-order valence-electron chi connectivity index (χ2n) is 1.68. The Hall–Kier alpha value is 0.0539. The fourth-order valence-electron chi connectivity index (χ4n) is 0.434. The molecule has 1 aromatic heterocycles. The van der Waals surface area contributed by atoms with Crippen molar-refractivity contribution in [2.45, 2.75) is 6.92 Å². The van der Waals surface area contributed by atoms with E-state index in [0.29, 0.717) is 5.82 Å². The molecule has 0 saturated heterocycles. The zero-order chi connectivity index (χ0) is 5.98. The number of nitrogen functional groups attached to an aromatic ring is 1. The fraction of sp³-hybridized carbons (Fsp3) is 0.143. The van der Waals surface area contributed by atoms with Crippen LogP contribution in [0.5, 0.6) is 0 Å². The van der Waals surface area contributed by atoms with Gasteiger partial charge < -0.3 is 13.2 Å². The minimum atomic E-state index is 0. The molecule has 0 unspecified atom stereocenters.